The van der Waals surface area contributed by atoms with Gasteiger partial charge in [-0.05, 0) is 67.2 Å². The molecule has 0 aliphatic heterocycles. The van der Waals surface area contributed by atoms with E-state index < -0.39 is 0 Å². The Bertz CT molecular complexity index is 678. The van der Waals surface area contributed by atoms with Crippen LogP contribution in [-0.4, -0.2) is 16.3 Å². The van der Waals surface area contributed by atoms with Crippen LogP contribution in [0.3, 0.4) is 0 Å². The molecule has 1 aromatic carbocycles. The van der Waals surface area contributed by atoms with Gasteiger partial charge in [0.15, 0.2) is 0 Å². The minimum atomic E-state index is -0.153. The number of phenols is 1. The highest BCUT2D eigenvalue weighted by atomic mass is 16.3. The Morgan fingerprint density at radius 2 is 2.09 bits per heavy atom. The molecule has 2 nitrogen and oxygen atoms in total. The Morgan fingerprint density at radius 3 is 2.95 bits per heavy atom. The van der Waals surface area contributed by atoms with Gasteiger partial charge >= 0.3 is 0 Å². The van der Waals surface area contributed by atoms with Crippen LogP contribution < -0.4 is 0 Å². The summed E-state index contributed by atoms with van der Waals surface area (Å²) in [6.07, 6.45) is 10.3. The number of aliphatic hydroxyl groups is 1. The molecule has 2 bridgehead atoms. The summed E-state index contributed by atoms with van der Waals surface area (Å²) in [4.78, 5) is 0. The van der Waals surface area contributed by atoms with Crippen molar-refractivity contribution in [2.24, 2.45) is 22.7 Å². The van der Waals surface area contributed by atoms with Crippen LogP contribution in [0.4, 0.5) is 0 Å². The van der Waals surface area contributed by atoms with E-state index in [1.807, 2.05) is 12.1 Å². The summed E-state index contributed by atoms with van der Waals surface area (Å²) < 4.78 is 0. The number of fused-ring (bicyclic) bond motifs is 4. The molecule has 2 fully saturated rings. The summed E-state index contributed by atoms with van der Waals surface area (Å²) in [6, 6.07) is 5.97. The molecular weight excluding hydrogens is 272 g/mol. The fourth-order valence-corrected chi connectivity index (χ4v) is 6.62. The molecule has 1 aromatic rings. The Kier molecular flexibility index (Phi) is 2.38. The first-order chi connectivity index (χ1) is 10.6. The molecule has 5 rings (SSSR count). The summed E-state index contributed by atoms with van der Waals surface area (Å²) in [7, 11) is 0. The van der Waals surface area contributed by atoms with Crippen LogP contribution in [-0.2, 0) is 6.42 Å². The standard InChI is InChI=1S/C20H24O2/c1-19-8-7-16-15-4-3-14(21)10-12(15)2-5-17(16)20(19)9-6-13(11-20)18(19)22/h3-4,6,9-10,13,16-18,21-22H,2,5,7-8,11H2,1H3/t13-,16-,17-,18-,19-,20+/m1/s1. The third-order valence-electron chi connectivity index (χ3n) is 7.71. The van der Waals surface area contributed by atoms with Crippen molar-refractivity contribution < 1.29 is 10.2 Å². The molecule has 4 aliphatic carbocycles. The molecule has 2 heteroatoms. The maximum Gasteiger partial charge on any atom is 0.115 e. The van der Waals surface area contributed by atoms with Crippen LogP contribution in [0.25, 0.3) is 0 Å². The van der Waals surface area contributed by atoms with Crippen LogP contribution in [0.15, 0.2) is 30.4 Å². The summed E-state index contributed by atoms with van der Waals surface area (Å²) in [5, 5.41) is 20.6. The molecule has 2 N–H and O–H groups in total. The predicted octanol–water partition coefficient (Wildman–Crippen LogP) is 3.78. The molecule has 0 saturated heterocycles. The minimum absolute atomic E-state index is 0.0714. The number of phenolic OH excluding ortho intramolecular Hbond substituents is 1. The fraction of sp³-hybridized carbons (Fsp3) is 0.600. The minimum Gasteiger partial charge on any atom is -0.508 e. The smallest absolute Gasteiger partial charge is 0.115 e. The molecule has 0 amide bonds. The monoisotopic (exact) mass is 296 g/mol. The molecule has 1 spiro atoms. The maximum absolute atomic E-state index is 10.8. The Labute approximate surface area is 131 Å². The third kappa shape index (κ3) is 1.32. The van der Waals surface area contributed by atoms with Gasteiger partial charge in [0, 0.05) is 16.7 Å². The van der Waals surface area contributed by atoms with E-state index in [-0.39, 0.29) is 16.9 Å². The second-order valence-corrected chi connectivity index (χ2v) is 8.30. The molecule has 22 heavy (non-hydrogen) atoms. The van der Waals surface area contributed by atoms with Crippen molar-refractivity contribution in [3.8, 4) is 5.75 Å². The molecule has 0 radical (unpaired) electrons. The van der Waals surface area contributed by atoms with Crippen LogP contribution in [0.5, 0.6) is 5.75 Å². The van der Waals surface area contributed by atoms with E-state index in [0.717, 1.165) is 19.3 Å². The molecule has 0 aromatic heterocycles. The largest absolute Gasteiger partial charge is 0.508 e. The Balaban J connectivity index is 1.63. The quantitative estimate of drug-likeness (QED) is 0.715. The molecule has 4 aliphatic rings. The van der Waals surface area contributed by atoms with Gasteiger partial charge in [-0.25, -0.2) is 0 Å². The lowest BCUT2D eigenvalue weighted by atomic mass is 9.47. The zero-order valence-electron chi connectivity index (χ0n) is 13.1. The number of hydrogen-bond acceptors (Lipinski definition) is 2. The second-order valence-electron chi connectivity index (χ2n) is 8.30. The lowest BCUT2D eigenvalue weighted by Gasteiger charge is -2.57. The fourth-order valence-electron chi connectivity index (χ4n) is 6.62. The van der Waals surface area contributed by atoms with E-state index in [1.165, 1.54) is 24.0 Å². The van der Waals surface area contributed by atoms with Crippen LogP contribution in [0.1, 0.15) is 49.7 Å². The highest BCUT2D eigenvalue weighted by molar-refractivity contribution is 5.42. The van der Waals surface area contributed by atoms with Crippen molar-refractivity contribution in [1.29, 1.82) is 0 Å². The van der Waals surface area contributed by atoms with Crippen molar-refractivity contribution in [3.63, 3.8) is 0 Å². The average Bonchev–Trinajstić information content (AvgIpc) is 3.04. The molecule has 6 atom stereocenters. The second kappa shape index (κ2) is 3.97. The van der Waals surface area contributed by atoms with Gasteiger partial charge in [0.2, 0.25) is 0 Å². The Hall–Kier alpha value is -1.28. The Morgan fingerprint density at radius 1 is 1.23 bits per heavy atom. The van der Waals surface area contributed by atoms with E-state index in [0.29, 0.717) is 23.5 Å². The molecular formula is C20H24O2. The summed E-state index contributed by atoms with van der Waals surface area (Å²) in [6.45, 7) is 2.34. The number of benzene rings is 1. The normalized spacial score (nSPS) is 47.9. The lowest BCUT2D eigenvalue weighted by Crippen LogP contribution is -2.52. The van der Waals surface area contributed by atoms with Crippen molar-refractivity contribution in [3.05, 3.63) is 41.5 Å². The van der Waals surface area contributed by atoms with Gasteiger partial charge in [-0.1, -0.05) is 25.1 Å². The van der Waals surface area contributed by atoms with Crippen molar-refractivity contribution >= 4 is 0 Å². The number of aryl methyl sites for hydroxylation is 1. The molecule has 0 heterocycles. The van der Waals surface area contributed by atoms with Gasteiger partial charge < -0.3 is 10.2 Å². The van der Waals surface area contributed by atoms with E-state index in [9.17, 15) is 10.2 Å². The summed E-state index contributed by atoms with van der Waals surface area (Å²) >= 11 is 0. The average molecular weight is 296 g/mol. The highest BCUT2D eigenvalue weighted by Gasteiger charge is 2.67. The first-order valence-electron chi connectivity index (χ1n) is 8.74. The van der Waals surface area contributed by atoms with Crippen LogP contribution >= 0.6 is 0 Å². The first kappa shape index (κ1) is 13.2. The lowest BCUT2D eigenvalue weighted by molar-refractivity contribution is -0.0732. The van der Waals surface area contributed by atoms with Crippen molar-refractivity contribution in [2.75, 3.05) is 0 Å². The highest BCUT2D eigenvalue weighted by Crippen LogP contribution is 2.72. The van der Waals surface area contributed by atoms with Gasteiger partial charge in [-0.2, -0.15) is 0 Å². The number of hydrogen-bond donors (Lipinski definition) is 2. The van der Waals surface area contributed by atoms with Gasteiger partial charge in [-0.15, -0.1) is 0 Å². The summed E-state index contributed by atoms with van der Waals surface area (Å²) in [5.41, 5.74) is 3.08. The van der Waals surface area contributed by atoms with Gasteiger partial charge in [0.05, 0.1) is 6.10 Å². The van der Waals surface area contributed by atoms with E-state index in [4.69, 9.17) is 0 Å². The topological polar surface area (TPSA) is 40.5 Å². The van der Waals surface area contributed by atoms with Gasteiger partial charge in [-0.3, -0.25) is 0 Å². The molecule has 0 unspecified atom stereocenters. The van der Waals surface area contributed by atoms with Gasteiger partial charge in [0.1, 0.15) is 5.75 Å². The number of rotatable bonds is 0. The first-order valence-corrected chi connectivity index (χ1v) is 8.74. The van der Waals surface area contributed by atoms with E-state index in [1.54, 1.807) is 0 Å². The molecule has 2 saturated carbocycles. The predicted molar refractivity (Wildman–Crippen MR) is 85.7 cm³/mol. The zero-order valence-corrected chi connectivity index (χ0v) is 13.1. The summed E-state index contributed by atoms with van der Waals surface area (Å²) in [5.74, 6) is 2.03. The van der Waals surface area contributed by atoms with Crippen molar-refractivity contribution in [1.82, 2.24) is 0 Å². The van der Waals surface area contributed by atoms with Gasteiger partial charge in [0.25, 0.3) is 0 Å². The SMILES string of the molecule is C[C@]12CC[C@@H]3c4ccc(O)cc4CC[C@H]3[C@@]13C=C[C@H](C3)[C@H]2O. The van der Waals surface area contributed by atoms with E-state index in [2.05, 4.69) is 25.1 Å². The van der Waals surface area contributed by atoms with Crippen molar-refractivity contribution in [2.45, 2.75) is 51.0 Å². The molecule has 116 valence electrons. The zero-order chi connectivity index (χ0) is 15.1. The third-order valence-corrected chi connectivity index (χ3v) is 7.71. The number of aromatic hydroxyl groups is 1. The number of aliphatic hydroxyl groups excluding tert-OH is 1. The van der Waals surface area contributed by atoms with E-state index >= 15 is 0 Å². The maximum atomic E-state index is 10.8. The van der Waals surface area contributed by atoms with Crippen LogP contribution in [0.2, 0.25) is 0 Å². The number of allylic oxidation sites excluding steroid dienone is 1. The van der Waals surface area contributed by atoms with Crippen LogP contribution in [0, 0.1) is 22.7 Å².